The molecule has 114 valence electrons. The first-order chi connectivity index (χ1) is 9.43. The third-order valence-electron chi connectivity index (χ3n) is 3.42. The number of nitrogens with two attached hydrogens (primary N) is 1. The van der Waals surface area contributed by atoms with Gasteiger partial charge in [-0.25, -0.2) is 4.79 Å². The van der Waals surface area contributed by atoms with Crippen molar-refractivity contribution in [2.24, 2.45) is 11.7 Å². The fraction of sp³-hybridized carbons (Fsp3) is 0.769. The number of carbonyl (C=O) groups is 3. The zero-order valence-electron chi connectivity index (χ0n) is 11.9. The molecule has 0 aliphatic carbocycles. The number of primary amides is 1. The molecule has 3 N–H and O–H groups in total. The van der Waals surface area contributed by atoms with Crippen molar-refractivity contribution < 1.29 is 19.5 Å². The molecule has 1 aliphatic heterocycles. The number of hydrogen-bond donors (Lipinski definition) is 2. The van der Waals surface area contributed by atoms with Gasteiger partial charge in [-0.2, -0.15) is 0 Å². The monoisotopic (exact) mass is 285 g/mol. The summed E-state index contributed by atoms with van der Waals surface area (Å²) in [5.74, 6) is -1.38. The van der Waals surface area contributed by atoms with E-state index in [1.54, 1.807) is 4.90 Å². The lowest BCUT2D eigenvalue weighted by Gasteiger charge is -2.27. The zero-order chi connectivity index (χ0) is 15.1. The molecule has 7 heteroatoms. The third kappa shape index (κ3) is 5.07. The molecule has 3 amide bonds. The molecule has 0 bridgehead atoms. The van der Waals surface area contributed by atoms with Crippen molar-refractivity contribution in [3.63, 3.8) is 0 Å². The van der Waals surface area contributed by atoms with Crippen molar-refractivity contribution in [3.8, 4) is 0 Å². The number of rotatable bonds is 7. The predicted octanol–water partition coefficient (Wildman–Crippen LogP) is 0.490. The van der Waals surface area contributed by atoms with Gasteiger partial charge in [0.05, 0.1) is 0 Å². The maximum absolute atomic E-state index is 12.3. The molecule has 1 rings (SSSR count). The molecular formula is C13H23N3O4. The topological polar surface area (TPSA) is 104 Å². The molecule has 1 unspecified atom stereocenters. The Labute approximate surface area is 118 Å². The summed E-state index contributed by atoms with van der Waals surface area (Å²) >= 11 is 0. The minimum Gasteiger partial charge on any atom is -0.481 e. The first-order valence-electron chi connectivity index (χ1n) is 6.98. The average Bonchev–Trinajstić information content (AvgIpc) is 2.80. The normalized spacial score (nSPS) is 18.1. The van der Waals surface area contributed by atoms with Crippen LogP contribution >= 0.6 is 0 Å². The van der Waals surface area contributed by atoms with Gasteiger partial charge < -0.3 is 20.6 Å². The third-order valence-corrected chi connectivity index (χ3v) is 3.42. The summed E-state index contributed by atoms with van der Waals surface area (Å²) in [5.41, 5.74) is 5.17. The van der Waals surface area contributed by atoms with Crippen molar-refractivity contribution >= 4 is 17.9 Å². The number of carbonyl (C=O) groups excluding carboxylic acids is 2. The second kappa shape index (κ2) is 7.72. The van der Waals surface area contributed by atoms with E-state index in [4.69, 9.17) is 10.8 Å². The Morgan fingerprint density at radius 1 is 1.40 bits per heavy atom. The van der Waals surface area contributed by atoms with Gasteiger partial charge in [-0.1, -0.05) is 13.3 Å². The predicted molar refractivity (Wildman–Crippen MR) is 73.0 cm³/mol. The Balaban J connectivity index is 2.56. The van der Waals surface area contributed by atoms with Gasteiger partial charge in [-0.3, -0.25) is 9.59 Å². The van der Waals surface area contributed by atoms with E-state index in [1.165, 1.54) is 4.90 Å². The highest BCUT2D eigenvalue weighted by atomic mass is 16.4. The zero-order valence-corrected chi connectivity index (χ0v) is 11.9. The first-order valence-corrected chi connectivity index (χ1v) is 6.98. The Morgan fingerprint density at radius 2 is 2.10 bits per heavy atom. The lowest BCUT2D eigenvalue weighted by molar-refractivity contribution is -0.138. The maximum atomic E-state index is 12.3. The van der Waals surface area contributed by atoms with Gasteiger partial charge in [0.25, 0.3) is 0 Å². The molecule has 20 heavy (non-hydrogen) atoms. The highest BCUT2D eigenvalue weighted by Gasteiger charge is 2.30. The molecule has 0 saturated carbocycles. The molecule has 1 heterocycles. The second-order valence-electron chi connectivity index (χ2n) is 5.22. The van der Waals surface area contributed by atoms with Crippen LogP contribution in [0.2, 0.25) is 0 Å². The van der Waals surface area contributed by atoms with Gasteiger partial charge in [0, 0.05) is 26.1 Å². The lowest BCUT2D eigenvalue weighted by Crippen LogP contribution is -2.46. The Morgan fingerprint density at radius 3 is 2.65 bits per heavy atom. The van der Waals surface area contributed by atoms with E-state index >= 15 is 0 Å². The summed E-state index contributed by atoms with van der Waals surface area (Å²) in [6.45, 7) is 3.40. The van der Waals surface area contributed by atoms with Crippen LogP contribution in [0.25, 0.3) is 0 Å². The van der Waals surface area contributed by atoms with Crippen LogP contribution in [-0.4, -0.2) is 59.0 Å². The first kappa shape index (κ1) is 16.3. The van der Waals surface area contributed by atoms with Gasteiger partial charge in [-0.15, -0.1) is 0 Å². The Kier molecular flexibility index (Phi) is 6.27. The summed E-state index contributed by atoms with van der Waals surface area (Å²) in [5, 5.41) is 8.77. The van der Waals surface area contributed by atoms with E-state index in [0.717, 1.165) is 12.8 Å². The molecule has 0 aromatic heterocycles. The van der Waals surface area contributed by atoms with Gasteiger partial charge in [-0.05, 0) is 18.8 Å². The molecule has 1 saturated heterocycles. The van der Waals surface area contributed by atoms with Crippen LogP contribution < -0.4 is 5.73 Å². The minimum absolute atomic E-state index is 0.00180. The van der Waals surface area contributed by atoms with Gasteiger partial charge >= 0.3 is 12.0 Å². The summed E-state index contributed by atoms with van der Waals surface area (Å²) in [6, 6.07) is -0.217. The van der Waals surface area contributed by atoms with Crippen molar-refractivity contribution in [2.75, 3.05) is 26.2 Å². The van der Waals surface area contributed by atoms with Crippen LogP contribution in [0.15, 0.2) is 0 Å². The van der Waals surface area contributed by atoms with Crippen LogP contribution in [0, 0.1) is 5.92 Å². The highest BCUT2D eigenvalue weighted by Crippen LogP contribution is 2.20. The summed E-state index contributed by atoms with van der Waals surface area (Å²) in [6.07, 6.45) is 2.50. The SMILES string of the molecule is CCCCN(CC(N)=O)C(=O)N1CCC(CC(=O)O)C1. The number of hydrogen-bond acceptors (Lipinski definition) is 3. The summed E-state index contributed by atoms with van der Waals surface area (Å²) in [7, 11) is 0. The van der Waals surface area contributed by atoms with Crippen molar-refractivity contribution in [2.45, 2.75) is 32.6 Å². The van der Waals surface area contributed by atoms with Gasteiger partial charge in [0.15, 0.2) is 0 Å². The van der Waals surface area contributed by atoms with Crippen LogP contribution in [-0.2, 0) is 9.59 Å². The number of unbranched alkanes of at least 4 members (excludes halogenated alkanes) is 1. The summed E-state index contributed by atoms with van der Waals surface area (Å²) in [4.78, 5) is 37.1. The Hall–Kier alpha value is -1.79. The minimum atomic E-state index is -0.843. The standard InChI is InChI=1S/C13H23N3O4/c1-2-3-5-15(9-11(14)17)13(20)16-6-4-10(8-16)7-12(18)19/h10H,2-9H2,1H3,(H2,14,17)(H,18,19). The number of carboxylic acid groups (broad SMARTS) is 1. The van der Waals surface area contributed by atoms with E-state index in [9.17, 15) is 14.4 Å². The van der Waals surface area contributed by atoms with Gasteiger partial charge in [0.1, 0.15) is 6.54 Å². The van der Waals surface area contributed by atoms with Gasteiger partial charge in [0.2, 0.25) is 5.91 Å². The van der Waals surface area contributed by atoms with Crippen LogP contribution in [0.3, 0.4) is 0 Å². The highest BCUT2D eigenvalue weighted by molar-refractivity contribution is 5.83. The molecule has 1 fully saturated rings. The van der Waals surface area contributed by atoms with Crippen molar-refractivity contribution in [1.82, 2.24) is 9.80 Å². The van der Waals surface area contributed by atoms with E-state index in [1.807, 2.05) is 6.92 Å². The molecule has 1 atom stereocenters. The Bertz CT molecular complexity index is 373. The number of amides is 3. The molecule has 0 aromatic rings. The second-order valence-corrected chi connectivity index (χ2v) is 5.22. The lowest BCUT2D eigenvalue weighted by atomic mass is 10.1. The van der Waals surface area contributed by atoms with E-state index in [0.29, 0.717) is 26.1 Å². The van der Waals surface area contributed by atoms with E-state index in [-0.39, 0.29) is 24.9 Å². The molecule has 0 aromatic carbocycles. The van der Waals surface area contributed by atoms with Crippen molar-refractivity contribution in [1.29, 1.82) is 0 Å². The van der Waals surface area contributed by atoms with Crippen molar-refractivity contribution in [3.05, 3.63) is 0 Å². The van der Waals surface area contributed by atoms with Crippen LogP contribution in [0.1, 0.15) is 32.6 Å². The fourth-order valence-electron chi connectivity index (χ4n) is 2.40. The molecular weight excluding hydrogens is 262 g/mol. The quantitative estimate of drug-likeness (QED) is 0.710. The van der Waals surface area contributed by atoms with Crippen LogP contribution in [0.4, 0.5) is 4.79 Å². The van der Waals surface area contributed by atoms with E-state index in [2.05, 4.69) is 0 Å². The maximum Gasteiger partial charge on any atom is 0.320 e. The van der Waals surface area contributed by atoms with E-state index < -0.39 is 11.9 Å². The fourth-order valence-corrected chi connectivity index (χ4v) is 2.40. The molecule has 0 radical (unpaired) electrons. The number of carboxylic acids is 1. The molecule has 7 nitrogen and oxygen atoms in total. The molecule has 1 aliphatic rings. The number of aliphatic carboxylic acids is 1. The smallest absolute Gasteiger partial charge is 0.320 e. The summed E-state index contributed by atoms with van der Waals surface area (Å²) < 4.78 is 0. The number of urea groups is 1. The largest absolute Gasteiger partial charge is 0.481 e. The molecule has 0 spiro atoms. The average molecular weight is 285 g/mol. The van der Waals surface area contributed by atoms with Crippen LogP contribution in [0.5, 0.6) is 0 Å². The number of likely N-dealkylation sites (tertiary alicyclic amines) is 1. The number of nitrogens with zero attached hydrogens (tertiary/aromatic N) is 2.